The molecule has 1 aromatic rings. The van der Waals surface area contributed by atoms with Crippen molar-refractivity contribution in [2.75, 3.05) is 0 Å². The second kappa shape index (κ2) is 4.50. The highest BCUT2D eigenvalue weighted by atomic mass is 32.1. The molecule has 2 heteroatoms. The van der Waals surface area contributed by atoms with Crippen LogP contribution in [0.15, 0.2) is 12.1 Å². The SMILES string of the molecule is CCC1CC1NCc1ccc(C(C)(C)C)s1. The maximum atomic E-state index is 3.65. The molecule has 0 aliphatic heterocycles. The van der Waals surface area contributed by atoms with Crippen molar-refractivity contribution in [1.29, 1.82) is 0 Å². The van der Waals surface area contributed by atoms with Gasteiger partial charge in [-0.05, 0) is 29.9 Å². The topological polar surface area (TPSA) is 12.0 Å². The molecule has 1 aliphatic carbocycles. The fourth-order valence-corrected chi connectivity index (χ4v) is 3.07. The Kier molecular flexibility index (Phi) is 3.41. The third kappa shape index (κ3) is 2.86. The van der Waals surface area contributed by atoms with Crippen molar-refractivity contribution in [2.45, 2.75) is 58.5 Å². The molecule has 1 aliphatic rings. The molecule has 1 nitrogen and oxygen atoms in total. The second-order valence-electron chi connectivity index (χ2n) is 5.91. The van der Waals surface area contributed by atoms with Crippen molar-refractivity contribution >= 4 is 11.3 Å². The Hall–Kier alpha value is -0.340. The van der Waals surface area contributed by atoms with E-state index in [2.05, 4.69) is 45.1 Å². The minimum absolute atomic E-state index is 0.300. The molecule has 0 bridgehead atoms. The third-order valence-electron chi connectivity index (χ3n) is 3.39. The predicted molar refractivity (Wildman–Crippen MR) is 72.0 cm³/mol. The molecule has 1 saturated carbocycles. The van der Waals surface area contributed by atoms with Crippen LogP contribution in [0.2, 0.25) is 0 Å². The molecule has 16 heavy (non-hydrogen) atoms. The van der Waals surface area contributed by atoms with E-state index >= 15 is 0 Å². The first-order valence-corrected chi connectivity index (χ1v) is 7.15. The summed E-state index contributed by atoms with van der Waals surface area (Å²) in [7, 11) is 0. The highest BCUT2D eigenvalue weighted by Gasteiger charge is 2.34. The van der Waals surface area contributed by atoms with Crippen LogP contribution in [-0.2, 0) is 12.0 Å². The summed E-state index contributed by atoms with van der Waals surface area (Å²) in [4.78, 5) is 2.97. The molecule has 2 rings (SSSR count). The molecule has 90 valence electrons. The van der Waals surface area contributed by atoms with Crippen LogP contribution in [0.3, 0.4) is 0 Å². The van der Waals surface area contributed by atoms with Gasteiger partial charge < -0.3 is 5.32 Å². The van der Waals surface area contributed by atoms with E-state index in [9.17, 15) is 0 Å². The van der Waals surface area contributed by atoms with E-state index in [-0.39, 0.29) is 0 Å². The van der Waals surface area contributed by atoms with Gasteiger partial charge in [-0.25, -0.2) is 0 Å². The van der Waals surface area contributed by atoms with Crippen LogP contribution in [0.4, 0.5) is 0 Å². The first-order chi connectivity index (χ1) is 7.50. The van der Waals surface area contributed by atoms with Gasteiger partial charge in [-0.1, -0.05) is 34.1 Å². The summed E-state index contributed by atoms with van der Waals surface area (Å²) < 4.78 is 0. The van der Waals surface area contributed by atoms with Gasteiger partial charge in [0.2, 0.25) is 0 Å². The van der Waals surface area contributed by atoms with Crippen molar-refractivity contribution in [3.63, 3.8) is 0 Å². The number of nitrogens with one attached hydrogen (secondary N) is 1. The molecule has 0 spiro atoms. The molecular weight excluding hydrogens is 214 g/mol. The van der Waals surface area contributed by atoms with E-state index in [1.54, 1.807) is 0 Å². The molecule has 1 fully saturated rings. The standard InChI is InChI=1S/C14H23NS/c1-5-10-8-12(10)15-9-11-6-7-13(16-11)14(2,3)4/h6-7,10,12,15H,5,8-9H2,1-4H3. The van der Waals surface area contributed by atoms with Crippen LogP contribution < -0.4 is 5.32 Å². The Morgan fingerprint density at radius 1 is 1.38 bits per heavy atom. The van der Waals surface area contributed by atoms with Gasteiger partial charge in [0, 0.05) is 22.3 Å². The zero-order valence-corrected chi connectivity index (χ0v) is 11.7. The van der Waals surface area contributed by atoms with Gasteiger partial charge in [-0.15, -0.1) is 11.3 Å². The van der Waals surface area contributed by atoms with E-state index < -0.39 is 0 Å². The summed E-state index contributed by atoms with van der Waals surface area (Å²) in [5.74, 6) is 0.946. The predicted octanol–water partition coefficient (Wildman–Crippen LogP) is 3.93. The average molecular weight is 237 g/mol. The average Bonchev–Trinajstić information content (AvgIpc) is 2.79. The fraction of sp³-hybridized carbons (Fsp3) is 0.714. The molecule has 1 N–H and O–H groups in total. The van der Waals surface area contributed by atoms with E-state index in [1.807, 2.05) is 11.3 Å². The van der Waals surface area contributed by atoms with Crippen LogP contribution in [0, 0.1) is 5.92 Å². The van der Waals surface area contributed by atoms with Crippen LogP contribution in [0.5, 0.6) is 0 Å². The summed E-state index contributed by atoms with van der Waals surface area (Å²) in [6.45, 7) is 10.2. The van der Waals surface area contributed by atoms with Crippen molar-refractivity contribution < 1.29 is 0 Å². The Morgan fingerprint density at radius 3 is 2.62 bits per heavy atom. The summed E-state index contributed by atoms with van der Waals surface area (Å²) in [5.41, 5.74) is 0.300. The Labute approximate surface area is 103 Å². The first-order valence-electron chi connectivity index (χ1n) is 6.33. The lowest BCUT2D eigenvalue weighted by Gasteiger charge is -2.15. The quantitative estimate of drug-likeness (QED) is 0.836. The molecule has 2 atom stereocenters. The van der Waals surface area contributed by atoms with Crippen LogP contribution in [0.25, 0.3) is 0 Å². The van der Waals surface area contributed by atoms with Gasteiger partial charge in [-0.3, -0.25) is 0 Å². The van der Waals surface area contributed by atoms with E-state index in [4.69, 9.17) is 0 Å². The molecule has 0 aromatic carbocycles. The number of thiophene rings is 1. The van der Waals surface area contributed by atoms with Gasteiger partial charge in [0.15, 0.2) is 0 Å². The second-order valence-corrected chi connectivity index (χ2v) is 7.08. The largest absolute Gasteiger partial charge is 0.309 e. The smallest absolute Gasteiger partial charge is 0.0302 e. The summed E-state index contributed by atoms with van der Waals surface area (Å²) >= 11 is 1.96. The summed E-state index contributed by atoms with van der Waals surface area (Å²) in [6, 6.07) is 5.36. The molecule has 0 radical (unpaired) electrons. The summed E-state index contributed by atoms with van der Waals surface area (Å²) in [5, 5.41) is 3.65. The molecule has 1 heterocycles. The van der Waals surface area contributed by atoms with Gasteiger partial charge in [0.05, 0.1) is 0 Å². The zero-order valence-electron chi connectivity index (χ0n) is 10.8. The van der Waals surface area contributed by atoms with Crippen LogP contribution in [0.1, 0.15) is 50.3 Å². The normalized spacial score (nSPS) is 24.8. The van der Waals surface area contributed by atoms with Gasteiger partial charge in [-0.2, -0.15) is 0 Å². The van der Waals surface area contributed by atoms with Crippen molar-refractivity contribution in [3.05, 3.63) is 21.9 Å². The van der Waals surface area contributed by atoms with Crippen molar-refractivity contribution in [3.8, 4) is 0 Å². The maximum absolute atomic E-state index is 3.65. The number of hydrogen-bond acceptors (Lipinski definition) is 2. The first kappa shape index (κ1) is 12.1. The maximum Gasteiger partial charge on any atom is 0.0302 e. The Morgan fingerprint density at radius 2 is 2.12 bits per heavy atom. The van der Waals surface area contributed by atoms with Gasteiger partial charge in [0.1, 0.15) is 0 Å². The highest BCUT2D eigenvalue weighted by molar-refractivity contribution is 7.12. The zero-order chi connectivity index (χ0) is 11.8. The molecule has 0 amide bonds. The van der Waals surface area contributed by atoms with E-state index in [0.29, 0.717) is 5.41 Å². The lowest BCUT2D eigenvalue weighted by Crippen LogP contribution is -2.16. The minimum Gasteiger partial charge on any atom is -0.309 e. The molecule has 1 aromatic heterocycles. The Balaban J connectivity index is 1.84. The Bertz CT molecular complexity index is 348. The number of rotatable bonds is 4. The third-order valence-corrected chi connectivity index (χ3v) is 4.90. The summed E-state index contributed by atoms with van der Waals surface area (Å²) in [6.07, 6.45) is 2.71. The highest BCUT2D eigenvalue weighted by Crippen LogP contribution is 2.34. The molecule has 2 unspecified atom stereocenters. The fourth-order valence-electron chi connectivity index (χ4n) is 2.06. The molecule has 0 saturated heterocycles. The van der Waals surface area contributed by atoms with Crippen molar-refractivity contribution in [2.24, 2.45) is 5.92 Å². The van der Waals surface area contributed by atoms with Crippen LogP contribution >= 0.6 is 11.3 Å². The lowest BCUT2D eigenvalue weighted by molar-refractivity contribution is 0.604. The van der Waals surface area contributed by atoms with Crippen LogP contribution in [-0.4, -0.2) is 6.04 Å². The molecular formula is C14H23NS. The number of hydrogen-bond donors (Lipinski definition) is 1. The van der Waals surface area contributed by atoms with E-state index in [0.717, 1.165) is 18.5 Å². The lowest BCUT2D eigenvalue weighted by atomic mass is 9.95. The van der Waals surface area contributed by atoms with Gasteiger partial charge >= 0.3 is 0 Å². The monoisotopic (exact) mass is 237 g/mol. The van der Waals surface area contributed by atoms with Crippen molar-refractivity contribution in [1.82, 2.24) is 5.32 Å². The van der Waals surface area contributed by atoms with Gasteiger partial charge in [0.25, 0.3) is 0 Å². The minimum atomic E-state index is 0.300. The van der Waals surface area contributed by atoms with E-state index in [1.165, 1.54) is 22.6 Å².